The monoisotopic (exact) mass is 181 g/mol. The van der Waals surface area contributed by atoms with Crippen molar-refractivity contribution in [2.75, 3.05) is 7.11 Å². The van der Waals surface area contributed by atoms with Crippen molar-refractivity contribution in [1.82, 2.24) is 0 Å². The Kier molecular flexibility index (Phi) is 3.33. The Labute approximate surface area is 80.9 Å². The summed E-state index contributed by atoms with van der Waals surface area (Å²) in [7, 11) is 1.67. The molecule has 2 unspecified atom stereocenters. The van der Waals surface area contributed by atoms with Crippen LogP contribution in [0.5, 0.6) is 0 Å². The lowest BCUT2D eigenvalue weighted by Crippen LogP contribution is -2.43. The zero-order valence-electron chi connectivity index (χ0n) is 8.84. The largest absolute Gasteiger partial charge is 0.363 e. The summed E-state index contributed by atoms with van der Waals surface area (Å²) in [5, 5.41) is 9.19. The molecule has 0 aromatic rings. The number of ether oxygens (including phenoxy) is 1. The van der Waals surface area contributed by atoms with Gasteiger partial charge in [0.25, 0.3) is 0 Å². The van der Waals surface area contributed by atoms with Crippen molar-refractivity contribution < 1.29 is 4.74 Å². The molecule has 1 rings (SSSR count). The number of nitriles is 1. The van der Waals surface area contributed by atoms with E-state index in [9.17, 15) is 5.26 Å². The van der Waals surface area contributed by atoms with Crippen molar-refractivity contribution in [1.29, 1.82) is 5.26 Å². The van der Waals surface area contributed by atoms with Gasteiger partial charge in [-0.3, -0.25) is 0 Å². The van der Waals surface area contributed by atoms with Crippen LogP contribution in [0.4, 0.5) is 0 Å². The molecular weight excluding hydrogens is 162 g/mol. The molecule has 1 fully saturated rings. The van der Waals surface area contributed by atoms with E-state index < -0.39 is 5.60 Å². The van der Waals surface area contributed by atoms with Gasteiger partial charge in [0, 0.05) is 13.0 Å². The second kappa shape index (κ2) is 4.11. The summed E-state index contributed by atoms with van der Waals surface area (Å²) in [4.78, 5) is 0. The third kappa shape index (κ3) is 1.86. The van der Waals surface area contributed by atoms with Crippen molar-refractivity contribution in [2.24, 2.45) is 11.8 Å². The van der Waals surface area contributed by atoms with E-state index in [2.05, 4.69) is 19.9 Å². The van der Waals surface area contributed by atoms with Gasteiger partial charge in [0.15, 0.2) is 5.60 Å². The molecule has 74 valence electrons. The Morgan fingerprint density at radius 1 is 1.46 bits per heavy atom. The molecule has 0 bridgehead atoms. The highest BCUT2D eigenvalue weighted by molar-refractivity contribution is 5.08. The van der Waals surface area contributed by atoms with Crippen LogP contribution in [0.15, 0.2) is 0 Å². The first kappa shape index (κ1) is 10.5. The molecular formula is C11H19NO. The third-order valence-electron chi connectivity index (χ3n) is 3.27. The van der Waals surface area contributed by atoms with Gasteiger partial charge in [-0.2, -0.15) is 5.26 Å². The summed E-state index contributed by atoms with van der Waals surface area (Å²) in [6.45, 7) is 4.36. The summed E-state index contributed by atoms with van der Waals surface area (Å²) in [6, 6.07) is 2.38. The zero-order valence-corrected chi connectivity index (χ0v) is 8.84. The molecule has 0 aliphatic heterocycles. The van der Waals surface area contributed by atoms with Crippen molar-refractivity contribution in [2.45, 2.75) is 45.1 Å². The SMILES string of the molecule is COC1(C#N)CCCCC1C(C)C. The zero-order chi connectivity index (χ0) is 9.90. The molecule has 0 heterocycles. The predicted octanol–water partition coefficient (Wildman–Crippen LogP) is 2.74. The van der Waals surface area contributed by atoms with Crippen molar-refractivity contribution >= 4 is 0 Å². The summed E-state index contributed by atoms with van der Waals surface area (Å²) < 4.78 is 5.44. The van der Waals surface area contributed by atoms with Crippen molar-refractivity contribution in [3.8, 4) is 6.07 Å². The highest BCUT2D eigenvalue weighted by Gasteiger charge is 2.42. The molecule has 0 aromatic heterocycles. The predicted molar refractivity (Wildman–Crippen MR) is 52.1 cm³/mol. The van der Waals surface area contributed by atoms with E-state index in [1.54, 1.807) is 7.11 Å². The summed E-state index contributed by atoms with van der Waals surface area (Å²) in [5.74, 6) is 0.955. The molecule has 2 heteroatoms. The fraction of sp³-hybridized carbons (Fsp3) is 0.909. The van der Waals surface area contributed by atoms with Crippen molar-refractivity contribution in [3.05, 3.63) is 0 Å². The lowest BCUT2D eigenvalue weighted by Gasteiger charge is -2.39. The van der Waals surface area contributed by atoms with Crippen LogP contribution in [0.3, 0.4) is 0 Å². The average molecular weight is 181 g/mol. The van der Waals surface area contributed by atoms with Gasteiger partial charge in [0.1, 0.15) is 0 Å². The van der Waals surface area contributed by atoms with Gasteiger partial charge in [-0.15, -0.1) is 0 Å². The van der Waals surface area contributed by atoms with Crippen LogP contribution < -0.4 is 0 Å². The van der Waals surface area contributed by atoms with Crippen LogP contribution in [0.1, 0.15) is 39.5 Å². The molecule has 1 aliphatic carbocycles. The Morgan fingerprint density at radius 2 is 2.15 bits per heavy atom. The Hall–Kier alpha value is -0.550. The molecule has 1 saturated carbocycles. The smallest absolute Gasteiger partial charge is 0.156 e. The maximum Gasteiger partial charge on any atom is 0.156 e. The van der Waals surface area contributed by atoms with E-state index in [4.69, 9.17) is 4.74 Å². The van der Waals surface area contributed by atoms with E-state index in [1.807, 2.05) is 0 Å². The molecule has 2 nitrogen and oxygen atoms in total. The van der Waals surface area contributed by atoms with Crippen LogP contribution >= 0.6 is 0 Å². The van der Waals surface area contributed by atoms with Gasteiger partial charge >= 0.3 is 0 Å². The van der Waals surface area contributed by atoms with Crippen LogP contribution in [0.2, 0.25) is 0 Å². The molecule has 0 N–H and O–H groups in total. The highest BCUT2D eigenvalue weighted by atomic mass is 16.5. The minimum Gasteiger partial charge on any atom is -0.363 e. The first-order valence-corrected chi connectivity index (χ1v) is 5.12. The standard InChI is InChI=1S/C11H19NO/c1-9(2)10-6-4-5-7-11(10,8-12)13-3/h9-10H,4-7H2,1-3H3. The highest BCUT2D eigenvalue weighted by Crippen LogP contribution is 2.40. The lowest BCUT2D eigenvalue weighted by atomic mass is 9.71. The number of hydrogen-bond donors (Lipinski definition) is 0. The van der Waals surface area contributed by atoms with Crippen LogP contribution in [-0.4, -0.2) is 12.7 Å². The molecule has 13 heavy (non-hydrogen) atoms. The number of methoxy groups -OCH3 is 1. The minimum atomic E-state index is -0.494. The van der Waals surface area contributed by atoms with Gasteiger partial charge in [-0.1, -0.05) is 20.3 Å². The van der Waals surface area contributed by atoms with Crippen LogP contribution in [-0.2, 0) is 4.74 Å². The van der Waals surface area contributed by atoms with Gasteiger partial charge in [-0.25, -0.2) is 0 Å². The second-order valence-corrected chi connectivity index (χ2v) is 4.30. The maximum absolute atomic E-state index is 9.19. The Morgan fingerprint density at radius 3 is 2.54 bits per heavy atom. The molecule has 0 amide bonds. The first-order valence-electron chi connectivity index (χ1n) is 5.12. The second-order valence-electron chi connectivity index (χ2n) is 4.30. The average Bonchev–Trinajstić information content (AvgIpc) is 2.17. The van der Waals surface area contributed by atoms with Crippen molar-refractivity contribution in [3.63, 3.8) is 0 Å². The molecule has 0 spiro atoms. The maximum atomic E-state index is 9.19. The van der Waals surface area contributed by atoms with Gasteiger partial charge in [-0.05, 0) is 25.2 Å². The van der Waals surface area contributed by atoms with E-state index in [0.29, 0.717) is 11.8 Å². The van der Waals surface area contributed by atoms with E-state index >= 15 is 0 Å². The summed E-state index contributed by atoms with van der Waals surface area (Å²) in [5.41, 5.74) is -0.494. The molecule has 2 atom stereocenters. The topological polar surface area (TPSA) is 33.0 Å². The minimum absolute atomic E-state index is 0.413. The molecule has 1 aliphatic rings. The molecule has 0 radical (unpaired) electrons. The number of nitrogens with zero attached hydrogens (tertiary/aromatic N) is 1. The van der Waals surface area contributed by atoms with E-state index in [0.717, 1.165) is 19.3 Å². The number of rotatable bonds is 2. The van der Waals surface area contributed by atoms with Crippen LogP contribution in [0, 0.1) is 23.2 Å². The summed E-state index contributed by atoms with van der Waals surface area (Å²) >= 11 is 0. The van der Waals surface area contributed by atoms with Crippen LogP contribution in [0.25, 0.3) is 0 Å². The van der Waals surface area contributed by atoms with E-state index in [1.165, 1.54) is 6.42 Å². The number of hydrogen-bond acceptors (Lipinski definition) is 2. The van der Waals surface area contributed by atoms with Gasteiger partial charge in [0.2, 0.25) is 0 Å². The normalized spacial score (nSPS) is 34.5. The summed E-state index contributed by atoms with van der Waals surface area (Å²) in [6.07, 6.45) is 4.42. The fourth-order valence-electron chi connectivity index (χ4n) is 2.48. The van der Waals surface area contributed by atoms with Gasteiger partial charge < -0.3 is 4.74 Å². The fourth-order valence-corrected chi connectivity index (χ4v) is 2.48. The van der Waals surface area contributed by atoms with E-state index in [-0.39, 0.29) is 0 Å². The quantitative estimate of drug-likeness (QED) is 0.656. The molecule has 0 saturated heterocycles. The first-order chi connectivity index (χ1) is 6.16. The molecule has 0 aromatic carbocycles. The van der Waals surface area contributed by atoms with Gasteiger partial charge in [0.05, 0.1) is 6.07 Å². The Balaban J connectivity index is 2.83. The Bertz CT molecular complexity index is 207. The third-order valence-corrected chi connectivity index (χ3v) is 3.27. The lowest BCUT2D eigenvalue weighted by molar-refractivity contribution is -0.0537.